The van der Waals surface area contributed by atoms with E-state index in [1.807, 2.05) is 30.3 Å². The normalized spacial score (nSPS) is 34.0. The van der Waals surface area contributed by atoms with Crippen LogP contribution in [0.15, 0.2) is 55.6 Å². The Morgan fingerprint density at radius 2 is 1.73 bits per heavy atom. The van der Waals surface area contributed by atoms with E-state index in [9.17, 15) is 0 Å². The highest BCUT2D eigenvalue weighted by molar-refractivity contribution is 5.16. The van der Waals surface area contributed by atoms with Gasteiger partial charge in [0.1, 0.15) is 24.4 Å². The molecular formula is C20H26O6. The van der Waals surface area contributed by atoms with E-state index < -0.39 is 18.7 Å². The molecule has 0 aromatic heterocycles. The van der Waals surface area contributed by atoms with Gasteiger partial charge in [-0.3, -0.25) is 0 Å². The summed E-state index contributed by atoms with van der Waals surface area (Å²) in [7, 11) is 1.58. The van der Waals surface area contributed by atoms with Crippen LogP contribution in [0.4, 0.5) is 0 Å². The second-order valence-electron chi connectivity index (χ2n) is 6.13. The Morgan fingerprint density at radius 3 is 2.38 bits per heavy atom. The number of fused-ring (bicyclic) bond motifs is 1. The molecule has 26 heavy (non-hydrogen) atoms. The summed E-state index contributed by atoms with van der Waals surface area (Å²) in [5, 5.41) is 0. The fourth-order valence-electron chi connectivity index (χ4n) is 3.24. The van der Waals surface area contributed by atoms with Crippen molar-refractivity contribution in [2.45, 2.75) is 37.0 Å². The second kappa shape index (κ2) is 9.41. The van der Waals surface area contributed by atoms with Crippen molar-refractivity contribution in [3.8, 4) is 0 Å². The van der Waals surface area contributed by atoms with Gasteiger partial charge >= 0.3 is 0 Å². The van der Waals surface area contributed by atoms with Gasteiger partial charge in [-0.05, 0) is 0 Å². The molecule has 2 aliphatic rings. The first kappa shape index (κ1) is 19.2. The third-order valence-electron chi connectivity index (χ3n) is 4.40. The van der Waals surface area contributed by atoms with Gasteiger partial charge in [-0.1, -0.05) is 42.5 Å². The number of hydrogen-bond acceptors (Lipinski definition) is 6. The zero-order valence-corrected chi connectivity index (χ0v) is 15.0. The Morgan fingerprint density at radius 1 is 1.04 bits per heavy atom. The highest BCUT2D eigenvalue weighted by Gasteiger charge is 2.51. The van der Waals surface area contributed by atoms with Crippen LogP contribution in [0.1, 0.15) is 11.9 Å². The molecule has 6 nitrogen and oxygen atoms in total. The molecule has 1 aromatic rings. The van der Waals surface area contributed by atoms with Crippen LogP contribution in [0.5, 0.6) is 0 Å². The van der Waals surface area contributed by atoms with E-state index in [-0.39, 0.29) is 18.3 Å². The van der Waals surface area contributed by atoms with Crippen molar-refractivity contribution in [1.29, 1.82) is 0 Å². The van der Waals surface area contributed by atoms with Crippen molar-refractivity contribution < 1.29 is 28.4 Å². The Kier molecular flexibility index (Phi) is 6.96. The molecule has 6 unspecified atom stereocenters. The van der Waals surface area contributed by atoms with Crippen molar-refractivity contribution >= 4 is 0 Å². The summed E-state index contributed by atoms with van der Waals surface area (Å²) in [4.78, 5) is 0. The molecule has 0 radical (unpaired) electrons. The maximum atomic E-state index is 6.22. The monoisotopic (exact) mass is 362 g/mol. The SMILES string of the molecule is C=CCOC1C(OC)OC2COC(c3ccccc3)OC2C1OCC=C. The number of hydrogen-bond donors (Lipinski definition) is 0. The molecule has 0 spiro atoms. The summed E-state index contributed by atoms with van der Waals surface area (Å²) in [5.41, 5.74) is 0.950. The highest BCUT2D eigenvalue weighted by Crippen LogP contribution is 2.36. The maximum Gasteiger partial charge on any atom is 0.186 e. The van der Waals surface area contributed by atoms with Gasteiger partial charge in [0, 0.05) is 12.7 Å². The molecule has 2 aliphatic heterocycles. The van der Waals surface area contributed by atoms with E-state index >= 15 is 0 Å². The average Bonchev–Trinajstić information content (AvgIpc) is 2.70. The number of benzene rings is 1. The van der Waals surface area contributed by atoms with Crippen LogP contribution in [0.2, 0.25) is 0 Å². The fraction of sp³-hybridized carbons (Fsp3) is 0.500. The van der Waals surface area contributed by atoms with E-state index in [0.29, 0.717) is 19.8 Å². The minimum absolute atomic E-state index is 0.307. The quantitative estimate of drug-likeness (QED) is 0.663. The van der Waals surface area contributed by atoms with E-state index in [0.717, 1.165) is 5.56 Å². The lowest BCUT2D eigenvalue weighted by Crippen LogP contribution is -2.63. The van der Waals surface area contributed by atoms with Crippen molar-refractivity contribution in [2.75, 3.05) is 26.9 Å². The topological polar surface area (TPSA) is 55.4 Å². The van der Waals surface area contributed by atoms with Gasteiger partial charge in [-0.25, -0.2) is 0 Å². The van der Waals surface area contributed by atoms with Crippen LogP contribution in [-0.4, -0.2) is 57.6 Å². The minimum atomic E-state index is -0.577. The molecule has 6 atom stereocenters. The van der Waals surface area contributed by atoms with Gasteiger partial charge in [-0.2, -0.15) is 0 Å². The van der Waals surface area contributed by atoms with Gasteiger partial charge in [0.2, 0.25) is 0 Å². The van der Waals surface area contributed by atoms with Gasteiger partial charge in [0.05, 0.1) is 19.8 Å². The molecule has 142 valence electrons. The summed E-state index contributed by atoms with van der Waals surface area (Å²) in [6.45, 7) is 8.54. The minimum Gasteiger partial charge on any atom is -0.368 e. The molecule has 2 heterocycles. The van der Waals surface area contributed by atoms with Crippen LogP contribution in [0.3, 0.4) is 0 Å². The molecule has 0 saturated carbocycles. The second-order valence-corrected chi connectivity index (χ2v) is 6.13. The van der Waals surface area contributed by atoms with E-state index in [2.05, 4.69) is 13.2 Å². The highest BCUT2D eigenvalue weighted by atomic mass is 16.8. The predicted molar refractivity (Wildman–Crippen MR) is 95.6 cm³/mol. The van der Waals surface area contributed by atoms with Gasteiger partial charge in [0.25, 0.3) is 0 Å². The molecule has 1 aromatic carbocycles. The largest absolute Gasteiger partial charge is 0.368 e. The van der Waals surface area contributed by atoms with Crippen molar-refractivity contribution in [3.63, 3.8) is 0 Å². The lowest BCUT2D eigenvalue weighted by Gasteiger charge is -2.48. The van der Waals surface area contributed by atoms with E-state index in [1.54, 1.807) is 19.3 Å². The standard InChI is InChI=1S/C20H26O6/c1-4-11-22-17-16-15(25-20(21-3)18(17)23-12-5-2)13-24-19(26-16)14-9-7-6-8-10-14/h4-10,15-20H,1-2,11-13H2,3H3. The zero-order chi connectivity index (χ0) is 18.4. The third kappa shape index (κ3) is 4.23. The maximum absolute atomic E-state index is 6.22. The molecule has 0 amide bonds. The zero-order valence-electron chi connectivity index (χ0n) is 15.0. The first-order valence-corrected chi connectivity index (χ1v) is 8.73. The van der Waals surface area contributed by atoms with Gasteiger partial charge < -0.3 is 28.4 Å². The van der Waals surface area contributed by atoms with Crippen LogP contribution >= 0.6 is 0 Å². The van der Waals surface area contributed by atoms with Gasteiger partial charge in [-0.15, -0.1) is 13.2 Å². The molecule has 6 heteroatoms. The Hall–Kier alpha value is -1.54. The van der Waals surface area contributed by atoms with Crippen LogP contribution in [0.25, 0.3) is 0 Å². The van der Waals surface area contributed by atoms with Crippen LogP contribution < -0.4 is 0 Å². The van der Waals surface area contributed by atoms with Crippen LogP contribution in [-0.2, 0) is 28.4 Å². The van der Waals surface area contributed by atoms with Crippen molar-refractivity contribution in [1.82, 2.24) is 0 Å². The Labute approximate surface area is 154 Å². The number of rotatable bonds is 8. The Balaban J connectivity index is 1.81. The number of methoxy groups -OCH3 is 1. The van der Waals surface area contributed by atoms with Crippen molar-refractivity contribution in [3.05, 3.63) is 61.2 Å². The van der Waals surface area contributed by atoms with E-state index in [4.69, 9.17) is 28.4 Å². The van der Waals surface area contributed by atoms with Crippen molar-refractivity contribution in [2.24, 2.45) is 0 Å². The van der Waals surface area contributed by atoms with Gasteiger partial charge in [0.15, 0.2) is 12.6 Å². The summed E-state index contributed by atoms with van der Waals surface area (Å²) >= 11 is 0. The summed E-state index contributed by atoms with van der Waals surface area (Å²) in [6.07, 6.45) is 0.835. The number of ether oxygens (including phenoxy) is 6. The first-order chi connectivity index (χ1) is 12.8. The molecule has 2 fully saturated rings. The first-order valence-electron chi connectivity index (χ1n) is 8.73. The van der Waals surface area contributed by atoms with Crippen LogP contribution in [0, 0.1) is 0 Å². The predicted octanol–water partition coefficient (Wildman–Crippen LogP) is 2.61. The average molecular weight is 362 g/mol. The van der Waals surface area contributed by atoms with E-state index in [1.165, 1.54) is 0 Å². The molecule has 0 bridgehead atoms. The smallest absolute Gasteiger partial charge is 0.186 e. The molecule has 0 N–H and O–H groups in total. The summed E-state index contributed by atoms with van der Waals surface area (Å²) in [5.74, 6) is 0. The molecule has 2 saturated heterocycles. The summed E-state index contributed by atoms with van der Waals surface area (Å²) < 4.78 is 35.5. The lowest BCUT2D eigenvalue weighted by molar-refractivity contribution is -0.365. The third-order valence-corrected chi connectivity index (χ3v) is 4.40. The summed E-state index contributed by atoms with van der Waals surface area (Å²) in [6, 6.07) is 9.80. The molecule has 0 aliphatic carbocycles. The molecule has 3 rings (SSSR count). The molecular weight excluding hydrogens is 336 g/mol. The Bertz CT molecular complexity index is 577. The lowest BCUT2D eigenvalue weighted by atomic mass is 9.97. The fourth-order valence-corrected chi connectivity index (χ4v) is 3.24.